The van der Waals surface area contributed by atoms with Crippen molar-refractivity contribution in [2.45, 2.75) is 33.6 Å². The van der Waals surface area contributed by atoms with E-state index in [9.17, 15) is 4.79 Å². The van der Waals surface area contributed by atoms with Crippen molar-refractivity contribution in [2.24, 2.45) is 5.41 Å². The Morgan fingerprint density at radius 1 is 1.50 bits per heavy atom. The van der Waals surface area contributed by atoms with Crippen molar-refractivity contribution in [3.63, 3.8) is 0 Å². The zero-order valence-electron chi connectivity index (χ0n) is 5.90. The maximum Gasteiger partial charge on any atom is 0.120 e. The molecule has 0 spiro atoms. The van der Waals surface area contributed by atoms with Gasteiger partial charge < -0.3 is 4.79 Å². The van der Waals surface area contributed by atoms with Gasteiger partial charge in [-0.2, -0.15) is 0 Å². The molecule has 1 nitrogen and oxygen atoms in total. The molecule has 0 saturated carbocycles. The fourth-order valence-corrected chi connectivity index (χ4v) is 0.370. The molecule has 0 aliphatic carbocycles. The van der Waals surface area contributed by atoms with Gasteiger partial charge in [0.25, 0.3) is 0 Å². The van der Waals surface area contributed by atoms with Crippen LogP contribution in [0.4, 0.5) is 0 Å². The summed E-state index contributed by atoms with van der Waals surface area (Å²) < 4.78 is 0. The van der Waals surface area contributed by atoms with Crippen molar-refractivity contribution >= 4 is 6.29 Å². The van der Waals surface area contributed by atoms with Gasteiger partial charge in [-0.1, -0.05) is 27.2 Å². The summed E-state index contributed by atoms with van der Waals surface area (Å²) >= 11 is 0. The van der Waals surface area contributed by atoms with Crippen molar-refractivity contribution in [1.82, 2.24) is 0 Å². The van der Waals surface area contributed by atoms with Crippen LogP contribution < -0.4 is 0 Å². The van der Waals surface area contributed by atoms with Crippen molar-refractivity contribution in [1.29, 1.82) is 0 Å². The summed E-state index contributed by atoms with van der Waals surface area (Å²) in [5.74, 6) is 0. The predicted molar refractivity (Wildman–Crippen MR) is 34.8 cm³/mol. The van der Waals surface area contributed by atoms with Gasteiger partial charge in [0.1, 0.15) is 6.29 Å². The molecule has 0 radical (unpaired) electrons. The van der Waals surface area contributed by atoms with Crippen molar-refractivity contribution < 1.29 is 4.79 Å². The Morgan fingerprint density at radius 3 is 2.12 bits per heavy atom. The molecule has 0 aliphatic rings. The quantitative estimate of drug-likeness (QED) is 0.513. The minimum atomic E-state index is 0.224. The van der Waals surface area contributed by atoms with Gasteiger partial charge in [-0.25, -0.2) is 0 Å². The second-order valence-electron chi connectivity index (χ2n) is 2.89. The molecule has 48 valence electrons. The number of carbonyl (C=O) groups excluding carboxylic acids is 1. The monoisotopic (exact) mass is 114 g/mol. The van der Waals surface area contributed by atoms with E-state index >= 15 is 0 Å². The highest BCUT2D eigenvalue weighted by Gasteiger charge is 2.12. The first kappa shape index (κ1) is 7.67. The maximum atomic E-state index is 9.98. The molecule has 1 heteroatoms. The summed E-state index contributed by atoms with van der Waals surface area (Å²) in [4.78, 5) is 9.98. The molecule has 0 aromatic rings. The third-order valence-electron chi connectivity index (χ3n) is 1.59. The minimum Gasteiger partial charge on any atom is -0.303 e. The van der Waals surface area contributed by atoms with Crippen LogP contribution in [0.3, 0.4) is 0 Å². The largest absolute Gasteiger partial charge is 0.303 e. The average molecular weight is 114 g/mol. The minimum absolute atomic E-state index is 0.224. The van der Waals surface area contributed by atoms with E-state index in [1.54, 1.807) is 0 Å². The van der Waals surface area contributed by atoms with E-state index < -0.39 is 0 Å². The molecule has 0 atom stereocenters. The van der Waals surface area contributed by atoms with E-state index in [0.29, 0.717) is 6.42 Å². The molecule has 0 N–H and O–H groups in total. The maximum absolute atomic E-state index is 9.98. The molecular formula is C7H14O. The van der Waals surface area contributed by atoms with Crippen LogP contribution in [0.5, 0.6) is 0 Å². The number of aldehydes is 1. The summed E-state index contributed by atoms with van der Waals surface area (Å²) in [6, 6.07) is 0. The van der Waals surface area contributed by atoms with E-state index in [4.69, 9.17) is 0 Å². The van der Waals surface area contributed by atoms with Gasteiger partial charge in [0, 0.05) is 6.42 Å². The Balaban J connectivity index is 3.53. The highest BCUT2D eigenvalue weighted by Crippen LogP contribution is 2.22. The lowest BCUT2D eigenvalue weighted by Gasteiger charge is -2.17. The molecule has 0 aromatic carbocycles. The SMILES string of the molecule is CCC(C)(C)CC=O. The van der Waals surface area contributed by atoms with Gasteiger partial charge in [-0.3, -0.25) is 0 Å². The van der Waals surface area contributed by atoms with Crippen LogP contribution in [0, 0.1) is 5.41 Å². The summed E-state index contributed by atoms with van der Waals surface area (Å²) in [5.41, 5.74) is 0.224. The average Bonchev–Trinajstić information content (AvgIpc) is 1.67. The molecule has 0 saturated heterocycles. The van der Waals surface area contributed by atoms with Gasteiger partial charge in [0.15, 0.2) is 0 Å². The van der Waals surface area contributed by atoms with E-state index in [1.807, 2.05) is 0 Å². The molecule has 8 heavy (non-hydrogen) atoms. The summed E-state index contributed by atoms with van der Waals surface area (Å²) in [6.07, 6.45) is 2.75. The van der Waals surface area contributed by atoms with Crippen LogP contribution in [-0.2, 0) is 4.79 Å². The zero-order chi connectivity index (χ0) is 6.62. The smallest absolute Gasteiger partial charge is 0.120 e. The number of rotatable bonds is 3. The molecule has 0 bridgehead atoms. The molecule has 0 rings (SSSR count). The molecule has 0 fully saturated rings. The molecular weight excluding hydrogens is 100 g/mol. The van der Waals surface area contributed by atoms with Gasteiger partial charge in [0.2, 0.25) is 0 Å². The first-order chi connectivity index (χ1) is 3.62. The van der Waals surface area contributed by atoms with Gasteiger partial charge in [-0.15, -0.1) is 0 Å². The molecule has 0 aliphatic heterocycles. The Kier molecular flexibility index (Phi) is 2.74. The molecule has 0 heterocycles. The standard InChI is InChI=1S/C7H14O/c1-4-7(2,3)5-6-8/h6H,4-5H2,1-3H3. The van der Waals surface area contributed by atoms with E-state index in [1.165, 1.54) is 0 Å². The van der Waals surface area contributed by atoms with E-state index in [-0.39, 0.29) is 5.41 Å². The van der Waals surface area contributed by atoms with Crippen LogP contribution in [-0.4, -0.2) is 6.29 Å². The number of carbonyl (C=O) groups is 1. The van der Waals surface area contributed by atoms with Gasteiger partial charge in [0.05, 0.1) is 0 Å². The van der Waals surface area contributed by atoms with Gasteiger partial charge in [-0.05, 0) is 5.41 Å². The lowest BCUT2D eigenvalue weighted by molar-refractivity contribution is -0.109. The predicted octanol–water partition coefficient (Wildman–Crippen LogP) is 2.01. The normalized spacial score (nSPS) is 11.4. The van der Waals surface area contributed by atoms with Crippen LogP contribution in [0.2, 0.25) is 0 Å². The first-order valence-corrected chi connectivity index (χ1v) is 3.06. The van der Waals surface area contributed by atoms with Crippen LogP contribution >= 0.6 is 0 Å². The van der Waals surface area contributed by atoms with Gasteiger partial charge >= 0.3 is 0 Å². The summed E-state index contributed by atoms with van der Waals surface area (Å²) in [6.45, 7) is 6.30. The molecule has 0 aromatic heterocycles. The first-order valence-electron chi connectivity index (χ1n) is 3.06. The highest BCUT2D eigenvalue weighted by molar-refractivity contribution is 5.50. The third-order valence-corrected chi connectivity index (χ3v) is 1.59. The fraction of sp³-hybridized carbons (Fsp3) is 0.857. The van der Waals surface area contributed by atoms with E-state index in [0.717, 1.165) is 12.7 Å². The topological polar surface area (TPSA) is 17.1 Å². The zero-order valence-corrected chi connectivity index (χ0v) is 5.90. The fourth-order valence-electron chi connectivity index (χ4n) is 0.370. The summed E-state index contributed by atoms with van der Waals surface area (Å²) in [7, 11) is 0. The molecule has 0 amide bonds. The van der Waals surface area contributed by atoms with Crippen molar-refractivity contribution in [2.75, 3.05) is 0 Å². The van der Waals surface area contributed by atoms with Crippen LogP contribution in [0.25, 0.3) is 0 Å². The number of hydrogen-bond acceptors (Lipinski definition) is 1. The van der Waals surface area contributed by atoms with E-state index in [2.05, 4.69) is 20.8 Å². The molecule has 0 unspecified atom stereocenters. The third kappa shape index (κ3) is 2.78. The Labute approximate surface area is 51.1 Å². The van der Waals surface area contributed by atoms with Crippen LogP contribution in [0.1, 0.15) is 33.6 Å². The Bertz CT molecular complexity index is 74.5. The number of hydrogen-bond donors (Lipinski definition) is 0. The van der Waals surface area contributed by atoms with Crippen molar-refractivity contribution in [3.8, 4) is 0 Å². The highest BCUT2D eigenvalue weighted by atomic mass is 16.1. The lowest BCUT2D eigenvalue weighted by Crippen LogP contribution is -2.09. The van der Waals surface area contributed by atoms with Crippen LogP contribution in [0.15, 0.2) is 0 Å². The second kappa shape index (κ2) is 2.85. The Morgan fingerprint density at radius 2 is 2.00 bits per heavy atom. The Hall–Kier alpha value is -0.330. The summed E-state index contributed by atoms with van der Waals surface area (Å²) in [5, 5.41) is 0. The van der Waals surface area contributed by atoms with Crippen molar-refractivity contribution in [3.05, 3.63) is 0 Å². The lowest BCUT2D eigenvalue weighted by atomic mass is 9.87. The second-order valence-corrected chi connectivity index (χ2v) is 2.89.